The van der Waals surface area contributed by atoms with Gasteiger partial charge < -0.3 is 4.74 Å². The Morgan fingerprint density at radius 1 is 0.882 bits per heavy atom. The number of halogens is 1. The average Bonchev–Trinajstić information content (AvgIpc) is 2.28. The van der Waals surface area contributed by atoms with Crippen molar-refractivity contribution in [1.82, 2.24) is 0 Å². The molecule has 0 aliphatic heterocycles. The lowest BCUT2D eigenvalue weighted by Crippen LogP contribution is -2.14. The highest BCUT2D eigenvalue weighted by Gasteiger charge is 2.10. The van der Waals surface area contributed by atoms with E-state index in [1.54, 1.807) is 0 Å². The van der Waals surface area contributed by atoms with E-state index in [0.29, 0.717) is 0 Å². The zero-order chi connectivity index (χ0) is 12.3. The lowest BCUT2D eigenvalue weighted by Gasteiger charge is -2.18. The van der Waals surface area contributed by atoms with Crippen LogP contribution >= 0.6 is 0 Å². The van der Waals surface area contributed by atoms with Gasteiger partial charge in [0.1, 0.15) is 5.83 Å². The van der Waals surface area contributed by atoms with Gasteiger partial charge in [-0.25, -0.2) is 4.39 Å². The molecule has 0 radical (unpaired) electrons. The van der Waals surface area contributed by atoms with E-state index in [4.69, 9.17) is 4.74 Å². The van der Waals surface area contributed by atoms with Crippen molar-refractivity contribution in [3.05, 3.63) is 12.4 Å². The minimum atomic E-state index is -0.351. The van der Waals surface area contributed by atoms with Gasteiger partial charge in [0.2, 0.25) is 0 Å². The third kappa shape index (κ3) is 8.37. The molecular formula is C15H27FO. The normalized spacial score (nSPS) is 21.5. The molecule has 0 saturated heterocycles. The first-order valence-electron chi connectivity index (χ1n) is 7.24. The second-order valence-corrected chi connectivity index (χ2v) is 5.21. The van der Waals surface area contributed by atoms with Crippen LogP contribution in [0.2, 0.25) is 0 Å². The molecule has 17 heavy (non-hydrogen) atoms. The van der Waals surface area contributed by atoms with Crippen LogP contribution in [0.3, 0.4) is 0 Å². The highest BCUT2D eigenvalue weighted by Crippen LogP contribution is 2.19. The van der Waals surface area contributed by atoms with E-state index < -0.39 is 0 Å². The molecule has 1 rings (SSSR count). The summed E-state index contributed by atoms with van der Waals surface area (Å²) in [6.45, 7) is 3.34. The van der Waals surface area contributed by atoms with E-state index in [-0.39, 0.29) is 18.5 Å². The monoisotopic (exact) mass is 242 g/mol. The largest absolute Gasteiger partial charge is 0.371 e. The summed E-state index contributed by atoms with van der Waals surface area (Å²) >= 11 is 0. The van der Waals surface area contributed by atoms with Crippen molar-refractivity contribution < 1.29 is 9.13 Å². The van der Waals surface area contributed by atoms with Crippen molar-refractivity contribution in [2.75, 3.05) is 6.61 Å². The minimum absolute atomic E-state index is 0.0880. The van der Waals surface area contributed by atoms with Crippen LogP contribution in [0.25, 0.3) is 0 Å². The van der Waals surface area contributed by atoms with E-state index >= 15 is 0 Å². The molecule has 0 heterocycles. The van der Waals surface area contributed by atoms with Crippen LogP contribution < -0.4 is 0 Å². The quantitative estimate of drug-likeness (QED) is 0.664. The predicted octanol–water partition coefficient (Wildman–Crippen LogP) is 5.16. The van der Waals surface area contributed by atoms with Crippen molar-refractivity contribution >= 4 is 0 Å². The van der Waals surface area contributed by atoms with E-state index in [1.165, 1.54) is 57.8 Å². The number of hydrogen-bond donors (Lipinski definition) is 0. The van der Waals surface area contributed by atoms with Gasteiger partial charge in [0.05, 0.1) is 12.7 Å². The van der Waals surface area contributed by atoms with Gasteiger partial charge in [-0.2, -0.15) is 0 Å². The summed E-state index contributed by atoms with van der Waals surface area (Å²) in [6, 6.07) is 0. The van der Waals surface area contributed by atoms with E-state index in [2.05, 4.69) is 6.58 Å². The fourth-order valence-electron chi connectivity index (χ4n) is 2.50. The Morgan fingerprint density at radius 3 is 1.71 bits per heavy atom. The molecule has 2 heteroatoms. The molecule has 1 fully saturated rings. The summed E-state index contributed by atoms with van der Waals surface area (Å²) < 4.78 is 18.2. The van der Waals surface area contributed by atoms with Crippen LogP contribution in [0.4, 0.5) is 4.39 Å². The molecule has 0 unspecified atom stereocenters. The first-order valence-corrected chi connectivity index (χ1v) is 7.24. The Balaban J connectivity index is 2.24. The maximum atomic E-state index is 12.6. The van der Waals surface area contributed by atoms with Gasteiger partial charge in [0.25, 0.3) is 0 Å². The summed E-state index contributed by atoms with van der Waals surface area (Å²) in [5.41, 5.74) is 0. The maximum Gasteiger partial charge on any atom is 0.118 e. The van der Waals surface area contributed by atoms with Crippen molar-refractivity contribution in [3.63, 3.8) is 0 Å². The van der Waals surface area contributed by atoms with Crippen LogP contribution in [0, 0.1) is 0 Å². The second-order valence-electron chi connectivity index (χ2n) is 5.21. The summed E-state index contributed by atoms with van der Waals surface area (Å²) in [4.78, 5) is 0. The van der Waals surface area contributed by atoms with Gasteiger partial charge in [0, 0.05) is 0 Å². The zero-order valence-electron chi connectivity index (χ0n) is 11.1. The summed E-state index contributed by atoms with van der Waals surface area (Å²) in [5.74, 6) is -0.351. The van der Waals surface area contributed by atoms with Gasteiger partial charge in [-0.3, -0.25) is 0 Å². The van der Waals surface area contributed by atoms with Crippen LogP contribution in [-0.4, -0.2) is 12.7 Å². The highest BCUT2D eigenvalue weighted by molar-refractivity contribution is 4.79. The Hall–Kier alpha value is -0.370. The molecule has 0 amide bonds. The molecule has 100 valence electrons. The summed E-state index contributed by atoms with van der Waals surface area (Å²) in [7, 11) is 0. The molecule has 1 nitrogen and oxygen atoms in total. The molecule has 0 atom stereocenters. The van der Waals surface area contributed by atoms with Crippen molar-refractivity contribution in [1.29, 1.82) is 0 Å². The highest BCUT2D eigenvalue weighted by atomic mass is 19.1. The Morgan fingerprint density at radius 2 is 1.29 bits per heavy atom. The Labute approximate surface area is 105 Å². The molecule has 0 aromatic rings. The summed E-state index contributed by atoms with van der Waals surface area (Å²) in [6.07, 6.45) is 14.4. The number of hydrogen-bond acceptors (Lipinski definition) is 1. The molecule has 0 aromatic carbocycles. The van der Waals surface area contributed by atoms with Gasteiger partial charge in [-0.1, -0.05) is 64.4 Å². The third-order valence-corrected chi connectivity index (χ3v) is 3.53. The third-order valence-electron chi connectivity index (χ3n) is 3.53. The van der Waals surface area contributed by atoms with E-state index in [9.17, 15) is 4.39 Å². The molecule has 1 aliphatic carbocycles. The van der Waals surface area contributed by atoms with Crippen molar-refractivity contribution in [3.8, 4) is 0 Å². The molecular weight excluding hydrogens is 215 g/mol. The van der Waals surface area contributed by atoms with Gasteiger partial charge >= 0.3 is 0 Å². The Bertz CT molecular complexity index is 191. The van der Waals surface area contributed by atoms with E-state index in [0.717, 1.165) is 12.8 Å². The van der Waals surface area contributed by atoms with Crippen molar-refractivity contribution in [2.24, 2.45) is 0 Å². The standard InChI is InChI=1S/C15H27FO/c1-14(16)13-17-15-11-9-7-5-3-2-4-6-8-10-12-15/h15H,1-13H2. The predicted molar refractivity (Wildman–Crippen MR) is 70.8 cm³/mol. The first kappa shape index (κ1) is 14.7. The van der Waals surface area contributed by atoms with Gasteiger partial charge in [0.15, 0.2) is 0 Å². The van der Waals surface area contributed by atoms with Crippen LogP contribution in [0.15, 0.2) is 12.4 Å². The molecule has 0 spiro atoms. The fourth-order valence-corrected chi connectivity index (χ4v) is 2.50. The smallest absolute Gasteiger partial charge is 0.118 e. The number of ether oxygens (including phenoxy) is 1. The summed E-state index contributed by atoms with van der Waals surface area (Å²) in [5, 5.41) is 0. The lowest BCUT2D eigenvalue weighted by molar-refractivity contribution is 0.0454. The molecule has 0 bridgehead atoms. The fraction of sp³-hybridized carbons (Fsp3) is 0.867. The van der Waals surface area contributed by atoms with Crippen molar-refractivity contribution in [2.45, 2.75) is 76.7 Å². The Kier molecular flexibility index (Phi) is 8.33. The number of rotatable bonds is 3. The second kappa shape index (κ2) is 9.64. The van der Waals surface area contributed by atoms with Gasteiger partial charge in [-0.15, -0.1) is 0 Å². The SMILES string of the molecule is C=C(F)COC1CCCCCCCCCCC1. The zero-order valence-corrected chi connectivity index (χ0v) is 11.1. The van der Waals surface area contributed by atoms with E-state index in [1.807, 2.05) is 0 Å². The van der Waals surface area contributed by atoms with Crippen LogP contribution in [0.5, 0.6) is 0 Å². The maximum absolute atomic E-state index is 12.6. The molecule has 0 N–H and O–H groups in total. The molecule has 1 aliphatic rings. The first-order chi connectivity index (χ1) is 8.29. The van der Waals surface area contributed by atoms with Gasteiger partial charge in [-0.05, 0) is 12.8 Å². The van der Waals surface area contributed by atoms with Crippen LogP contribution in [-0.2, 0) is 4.74 Å². The lowest BCUT2D eigenvalue weighted by atomic mass is 9.99. The average molecular weight is 242 g/mol. The molecule has 1 saturated carbocycles. The van der Waals surface area contributed by atoms with Crippen LogP contribution in [0.1, 0.15) is 70.6 Å². The minimum Gasteiger partial charge on any atom is -0.371 e. The molecule has 0 aromatic heterocycles. The topological polar surface area (TPSA) is 9.23 Å².